The van der Waals surface area contributed by atoms with E-state index in [2.05, 4.69) is 22.5 Å². The molecule has 9 heteroatoms. The van der Waals surface area contributed by atoms with E-state index in [0.717, 1.165) is 0 Å². The third-order valence-electron chi connectivity index (χ3n) is 5.57. The van der Waals surface area contributed by atoms with Crippen LogP contribution in [0.5, 0.6) is 0 Å². The second-order valence-electron chi connectivity index (χ2n) is 7.51. The number of imide groups is 1. The van der Waals surface area contributed by atoms with E-state index < -0.39 is 24.2 Å². The van der Waals surface area contributed by atoms with Crippen LogP contribution in [0, 0.1) is 11.8 Å². The number of para-hydroxylation sites is 1. The highest BCUT2D eigenvalue weighted by molar-refractivity contribution is 6.00. The predicted molar refractivity (Wildman–Crippen MR) is 108 cm³/mol. The highest BCUT2D eigenvalue weighted by Gasteiger charge is 2.31. The number of carbonyl (C=O) groups is 2. The Bertz CT molecular complexity index is 1110. The molecule has 0 aliphatic carbocycles. The normalized spacial score (nSPS) is 24.4. The number of halogens is 1. The maximum absolute atomic E-state index is 13.8. The number of amides is 2. The number of nitrogens with one attached hydrogen (secondary N) is 2. The molecule has 2 amide bonds. The van der Waals surface area contributed by atoms with Gasteiger partial charge in [-0.15, -0.1) is 0 Å². The van der Waals surface area contributed by atoms with Gasteiger partial charge in [-0.1, -0.05) is 17.9 Å². The van der Waals surface area contributed by atoms with Crippen LogP contribution in [-0.4, -0.2) is 52.9 Å². The fourth-order valence-corrected chi connectivity index (χ4v) is 4.03. The number of fused-ring (bicyclic) bond motifs is 1. The van der Waals surface area contributed by atoms with Crippen molar-refractivity contribution in [1.82, 2.24) is 19.8 Å². The van der Waals surface area contributed by atoms with Crippen LogP contribution in [0.4, 0.5) is 4.39 Å². The smallest absolute Gasteiger partial charge is 0.329 e. The number of hydrogen-bond acceptors (Lipinski definition) is 5. The number of ether oxygens (including phenoxy) is 1. The van der Waals surface area contributed by atoms with Crippen LogP contribution in [0.25, 0.3) is 11.0 Å². The molecule has 0 bridgehead atoms. The Hall–Kier alpha value is -2.96. The fourth-order valence-electron chi connectivity index (χ4n) is 4.03. The lowest BCUT2D eigenvalue weighted by atomic mass is 10.1. The Balaban J connectivity index is 1.61. The van der Waals surface area contributed by atoms with Gasteiger partial charge in [0.2, 0.25) is 11.8 Å². The van der Waals surface area contributed by atoms with E-state index in [4.69, 9.17) is 4.74 Å². The summed E-state index contributed by atoms with van der Waals surface area (Å²) in [6.45, 7) is 1.09. The summed E-state index contributed by atoms with van der Waals surface area (Å²) in [5.74, 6) is 5.10. The van der Waals surface area contributed by atoms with Gasteiger partial charge in [-0.3, -0.25) is 24.0 Å². The Labute approximate surface area is 172 Å². The average Bonchev–Trinajstić information content (AvgIpc) is 2.98. The van der Waals surface area contributed by atoms with Gasteiger partial charge in [0.1, 0.15) is 18.8 Å². The summed E-state index contributed by atoms with van der Waals surface area (Å²) < 4.78 is 22.2. The number of benzene rings is 1. The molecule has 2 aliphatic rings. The molecule has 3 heterocycles. The third kappa shape index (κ3) is 3.76. The minimum atomic E-state index is -1.05. The highest BCUT2D eigenvalue weighted by Crippen LogP contribution is 2.24. The van der Waals surface area contributed by atoms with Gasteiger partial charge < -0.3 is 10.1 Å². The molecule has 2 aromatic rings. The zero-order valence-electron chi connectivity index (χ0n) is 16.6. The van der Waals surface area contributed by atoms with E-state index >= 15 is 0 Å². The van der Waals surface area contributed by atoms with E-state index in [9.17, 15) is 18.8 Å². The lowest BCUT2D eigenvalue weighted by Crippen LogP contribution is -2.44. The molecule has 1 unspecified atom stereocenters. The van der Waals surface area contributed by atoms with Gasteiger partial charge in [-0.2, -0.15) is 0 Å². The topological polar surface area (TPSA) is 94.4 Å². The van der Waals surface area contributed by atoms with Crippen LogP contribution in [0.2, 0.25) is 0 Å². The molecule has 4 rings (SSSR count). The molecule has 8 nitrogen and oxygen atoms in total. The lowest BCUT2D eigenvalue weighted by Gasteiger charge is -2.25. The fraction of sp³-hybridized carbons (Fsp3) is 0.476. The summed E-state index contributed by atoms with van der Waals surface area (Å²) in [7, 11) is 1.62. The Morgan fingerprint density at radius 2 is 2.10 bits per heavy atom. The van der Waals surface area contributed by atoms with E-state index in [1.54, 1.807) is 25.2 Å². The summed E-state index contributed by atoms with van der Waals surface area (Å²) in [5.41, 5.74) is 1.45. The first kappa shape index (κ1) is 20.3. The van der Waals surface area contributed by atoms with Crippen LogP contribution in [0.3, 0.4) is 0 Å². The maximum atomic E-state index is 13.8. The Morgan fingerprint density at radius 1 is 1.27 bits per heavy atom. The summed E-state index contributed by atoms with van der Waals surface area (Å²) in [6.07, 6.45) is -0.459. The molecule has 2 fully saturated rings. The van der Waals surface area contributed by atoms with Gasteiger partial charge in [0.05, 0.1) is 22.7 Å². The first-order valence-corrected chi connectivity index (χ1v) is 9.96. The quantitative estimate of drug-likeness (QED) is 0.560. The lowest BCUT2D eigenvalue weighted by molar-refractivity contribution is -0.135. The number of aryl methyl sites for hydroxylation is 1. The number of hydrogen-bond donors (Lipinski definition) is 2. The molecule has 2 saturated heterocycles. The Kier molecular flexibility index (Phi) is 5.70. The number of aromatic nitrogens is 2. The van der Waals surface area contributed by atoms with E-state index in [1.807, 2.05) is 0 Å². The number of piperidine rings is 2. The standard InChI is InChI=1S/C21H23FN4O4/c1-25-19-13(5-3-11-30-17-9-10-23-12-14(17)22)4-2-6-15(19)26(21(25)29)16-7-8-18(27)24-20(16)28/h2,4,6,14,16-17,23H,7-12H2,1H3,(H,24,27,28)/t14-,16?,17-/m1/s1. The van der Waals surface area contributed by atoms with Crippen molar-refractivity contribution in [3.05, 3.63) is 34.2 Å². The minimum absolute atomic E-state index is 0.0866. The molecule has 0 saturated carbocycles. The summed E-state index contributed by atoms with van der Waals surface area (Å²) >= 11 is 0. The van der Waals surface area contributed by atoms with Crippen LogP contribution in [0.1, 0.15) is 30.9 Å². The largest absolute Gasteiger partial charge is 0.362 e. The van der Waals surface area contributed by atoms with Gasteiger partial charge in [0.25, 0.3) is 0 Å². The number of alkyl halides is 1. The third-order valence-corrected chi connectivity index (χ3v) is 5.57. The maximum Gasteiger partial charge on any atom is 0.329 e. The average molecular weight is 414 g/mol. The SMILES string of the molecule is Cn1c(=O)n(C2CCC(=O)NC2=O)c2cccc(C#CCO[C@@H]3CCNC[C@H]3F)c21. The molecule has 0 radical (unpaired) electrons. The van der Waals surface area contributed by atoms with Crippen molar-refractivity contribution in [1.29, 1.82) is 0 Å². The number of carbonyl (C=O) groups excluding carboxylic acids is 2. The molecular formula is C21H23FN4O4. The summed E-state index contributed by atoms with van der Waals surface area (Å²) in [5, 5.41) is 5.27. The second-order valence-corrected chi connectivity index (χ2v) is 7.51. The van der Waals surface area contributed by atoms with Crippen LogP contribution < -0.4 is 16.3 Å². The number of nitrogens with zero attached hydrogens (tertiary/aromatic N) is 2. The first-order chi connectivity index (χ1) is 14.5. The van der Waals surface area contributed by atoms with Crippen molar-refractivity contribution in [2.45, 2.75) is 37.6 Å². The molecule has 3 atom stereocenters. The van der Waals surface area contributed by atoms with Crippen molar-refractivity contribution < 1.29 is 18.7 Å². The molecular weight excluding hydrogens is 391 g/mol. The van der Waals surface area contributed by atoms with Gasteiger partial charge in [0.15, 0.2) is 0 Å². The second kappa shape index (κ2) is 8.42. The molecule has 0 spiro atoms. The van der Waals surface area contributed by atoms with Crippen LogP contribution in [-0.2, 0) is 21.4 Å². The molecule has 1 aromatic heterocycles. The van der Waals surface area contributed by atoms with Gasteiger partial charge >= 0.3 is 5.69 Å². The van der Waals surface area contributed by atoms with Crippen molar-refractivity contribution in [2.24, 2.45) is 7.05 Å². The van der Waals surface area contributed by atoms with Crippen LogP contribution in [0.15, 0.2) is 23.0 Å². The van der Waals surface area contributed by atoms with Crippen molar-refractivity contribution in [3.8, 4) is 11.8 Å². The molecule has 30 heavy (non-hydrogen) atoms. The molecule has 1 aromatic carbocycles. The zero-order chi connectivity index (χ0) is 21.3. The molecule has 2 N–H and O–H groups in total. The number of rotatable bonds is 3. The van der Waals surface area contributed by atoms with Crippen molar-refractivity contribution in [2.75, 3.05) is 19.7 Å². The van der Waals surface area contributed by atoms with Gasteiger partial charge in [-0.25, -0.2) is 9.18 Å². The summed E-state index contributed by atoms with van der Waals surface area (Å²) in [6, 6.07) is 4.56. The molecule has 158 valence electrons. The van der Waals surface area contributed by atoms with Crippen LogP contribution >= 0.6 is 0 Å². The van der Waals surface area contributed by atoms with Gasteiger partial charge in [-0.05, 0) is 31.5 Å². The predicted octanol–water partition coefficient (Wildman–Crippen LogP) is 0.386. The minimum Gasteiger partial charge on any atom is -0.362 e. The Morgan fingerprint density at radius 3 is 2.87 bits per heavy atom. The van der Waals surface area contributed by atoms with E-state index in [0.29, 0.717) is 29.6 Å². The van der Waals surface area contributed by atoms with Gasteiger partial charge in [0, 0.05) is 20.0 Å². The van der Waals surface area contributed by atoms with E-state index in [-0.39, 0.29) is 37.6 Å². The molecule has 2 aliphatic heterocycles. The van der Waals surface area contributed by atoms with Crippen molar-refractivity contribution in [3.63, 3.8) is 0 Å². The zero-order valence-corrected chi connectivity index (χ0v) is 16.6. The highest BCUT2D eigenvalue weighted by atomic mass is 19.1. The summed E-state index contributed by atoms with van der Waals surface area (Å²) in [4.78, 5) is 36.6. The first-order valence-electron chi connectivity index (χ1n) is 9.96. The number of imidazole rings is 1. The van der Waals surface area contributed by atoms with Crippen molar-refractivity contribution >= 4 is 22.8 Å². The monoisotopic (exact) mass is 414 g/mol. The van der Waals surface area contributed by atoms with E-state index in [1.165, 1.54) is 9.13 Å².